The van der Waals surface area contributed by atoms with E-state index in [0.717, 1.165) is 17.8 Å². The Morgan fingerprint density at radius 3 is 2.76 bits per heavy atom. The van der Waals surface area contributed by atoms with Gasteiger partial charge in [-0.3, -0.25) is 4.98 Å². The third-order valence-electron chi connectivity index (χ3n) is 2.83. The number of nitrogens with zero attached hydrogens (tertiary/aromatic N) is 2. The molecule has 0 saturated carbocycles. The zero-order valence-electron chi connectivity index (χ0n) is 11.0. The van der Waals surface area contributed by atoms with Gasteiger partial charge in [-0.2, -0.15) is 0 Å². The van der Waals surface area contributed by atoms with Crippen LogP contribution in [0.3, 0.4) is 0 Å². The number of aryl methyl sites for hydroxylation is 1. The third kappa shape index (κ3) is 3.58. The minimum atomic E-state index is 0.328. The van der Waals surface area contributed by atoms with Crippen molar-refractivity contribution in [2.45, 2.75) is 32.7 Å². The first-order valence-corrected chi connectivity index (χ1v) is 6.44. The normalized spacial score (nSPS) is 12.5. The number of pyridine rings is 1. The molecule has 0 aromatic carbocycles. The molecule has 96 valence electrons. The Balaban J connectivity index is 3.05. The van der Waals surface area contributed by atoms with Gasteiger partial charge in [-0.15, -0.1) is 11.6 Å². The second-order valence-corrected chi connectivity index (χ2v) is 4.45. The van der Waals surface area contributed by atoms with Gasteiger partial charge in [0.25, 0.3) is 0 Å². The van der Waals surface area contributed by atoms with E-state index in [2.05, 4.69) is 29.8 Å². The number of aromatic nitrogens is 1. The van der Waals surface area contributed by atoms with Gasteiger partial charge in [0.05, 0.1) is 12.5 Å². The SMILES string of the molecule is CCN(c1cc(C)ncc1CCl)C(C)COC. The molecule has 0 spiro atoms. The second kappa shape index (κ2) is 6.82. The van der Waals surface area contributed by atoms with E-state index in [1.54, 1.807) is 7.11 Å². The van der Waals surface area contributed by atoms with E-state index in [-0.39, 0.29) is 0 Å². The monoisotopic (exact) mass is 256 g/mol. The summed E-state index contributed by atoms with van der Waals surface area (Å²) in [6, 6.07) is 2.42. The van der Waals surface area contributed by atoms with Crippen molar-refractivity contribution in [3.8, 4) is 0 Å². The molecule has 1 atom stereocenters. The number of likely N-dealkylation sites (N-methyl/N-ethyl adjacent to an activating group) is 1. The fourth-order valence-corrected chi connectivity index (χ4v) is 2.20. The summed E-state index contributed by atoms with van der Waals surface area (Å²) >= 11 is 5.97. The summed E-state index contributed by atoms with van der Waals surface area (Å²) in [5, 5.41) is 0. The maximum absolute atomic E-state index is 5.97. The highest BCUT2D eigenvalue weighted by molar-refractivity contribution is 6.17. The fourth-order valence-electron chi connectivity index (χ4n) is 1.99. The molecule has 0 aliphatic carbocycles. The van der Waals surface area contributed by atoms with E-state index in [9.17, 15) is 0 Å². The average molecular weight is 257 g/mol. The highest BCUT2D eigenvalue weighted by Gasteiger charge is 2.16. The summed E-state index contributed by atoms with van der Waals surface area (Å²) in [5.41, 5.74) is 3.25. The van der Waals surface area contributed by atoms with Crippen LogP contribution < -0.4 is 4.90 Å². The maximum Gasteiger partial charge on any atom is 0.0663 e. The van der Waals surface area contributed by atoms with E-state index >= 15 is 0 Å². The number of ether oxygens (including phenoxy) is 1. The van der Waals surface area contributed by atoms with Gasteiger partial charge >= 0.3 is 0 Å². The van der Waals surface area contributed by atoms with Gasteiger partial charge in [0, 0.05) is 42.8 Å². The minimum absolute atomic E-state index is 0.328. The summed E-state index contributed by atoms with van der Waals surface area (Å²) in [5.74, 6) is 0.485. The van der Waals surface area contributed by atoms with E-state index in [1.807, 2.05) is 13.1 Å². The van der Waals surface area contributed by atoms with Gasteiger partial charge in [0.15, 0.2) is 0 Å². The Labute approximate surface area is 109 Å². The minimum Gasteiger partial charge on any atom is -0.383 e. The van der Waals surface area contributed by atoms with Crippen molar-refractivity contribution in [1.29, 1.82) is 0 Å². The molecule has 0 aliphatic heterocycles. The van der Waals surface area contributed by atoms with E-state index in [0.29, 0.717) is 18.5 Å². The zero-order chi connectivity index (χ0) is 12.8. The van der Waals surface area contributed by atoms with Gasteiger partial charge in [-0.25, -0.2) is 0 Å². The standard InChI is InChI=1S/C13H21ClN2O/c1-5-16(11(3)9-17-4)13-6-10(2)15-8-12(13)7-14/h6,8,11H,5,7,9H2,1-4H3. The lowest BCUT2D eigenvalue weighted by atomic mass is 10.1. The molecular formula is C13H21ClN2O. The van der Waals surface area contributed by atoms with Crippen molar-refractivity contribution in [2.75, 3.05) is 25.2 Å². The molecule has 0 aliphatic rings. The molecule has 1 aromatic rings. The van der Waals surface area contributed by atoms with Gasteiger partial charge < -0.3 is 9.64 Å². The number of alkyl halides is 1. The van der Waals surface area contributed by atoms with Crippen molar-refractivity contribution < 1.29 is 4.74 Å². The smallest absolute Gasteiger partial charge is 0.0663 e. The van der Waals surface area contributed by atoms with E-state index in [4.69, 9.17) is 16.3 Å². The highest BCUT2D eigenvalue weighted by atomic mass is 35.5. The topological polar surface area (TPSA) is 25.4 Å². The number of hydrogen-bond acceptors (Lipinski definition) is 3. The Kier molecular flexibility index (Phi) is 5.72. The highest BCUT2D eigenvalue weighted by Crippen LogP contribution is 2.24. The molecule has 1 unspecified atom stereocenters. The van der Waals surface area contributed by atoms with Crippen LogP contribution in [0.25, 0.3) is 0 Å². The quantitative estimate of drug-likeness (QED) is 0.732. The van der Waals surface area contributed by atoms with Crippen LogP contribution in [0.4, 0.5) is 5.69 Å². The molecule has 4 heteroatoms. The molecule has 1 aromatic heterocycles. The molecule has 0 N–H and O–H groups in total. The van der Waals surface area contributed by atoms with Crippen LogP contribution >= 0.6 is 11.6 Å². The van der Waals surface area contributed by atoms with Crippen molar-refractivity contribution in [3.63, 3.8) is 0 Å². The maximum atomic E-state index is 5.97. The lowest BCUT2D eigenvalue weighted by molar-refractivity contribution is 0.182. The fraction of sp³-hybridized carbons (Fsp3) is 0.615. The summed E-state index contributed by atoms with van der Waals surface area (Å²) < 4.78 is 5.22. The third-order valence-corrected chi connectivity index (χ3v) is 3.12. The number of halogens is 1. The predicted octanol–water partition coefficient (Wildman–Crippen LogP) is 2.99. The zero-order valence-corrected chi connectivity index (χ0v) is 11.8. The van der Waals surface area contributed by atoms with Crippen LogP contribution in [-0.4, -0.2) is 31.3 Å². The van der Waals surface area contributed by atoms with Crippen molar-refractivity contribution in [3.05, 3.63) is 23.5 Å². The molecule has 0 radical (unpaired) electrons. The Morgan fingerprint density at radius 1 is 1.53 bits per heavy atom. The summed E-state index contributed by atoms with van der Waals surface area (Å²) in [6.07, 6.45) is 1.86. The molecule has 0 bridgehead atoms. The molecule has 0 fully saturated rings. The van der Waals surface area contributed by atoms with Crippen LogP contribution in [0.1, 0.15) is 25.1 Å². The van der Waals surface area contributed by atoms with Crippen LogP contribution in [0, 0.1) is 6.92 Å². The van der Waals surface area contributed by atoms with Crippen molar-refractivity contribution in [1.82, 2.24) is 4.98 Å². The molecule has 0 amide bonds. The Bertz CT molecular complexity index is 357. The van der Waals surface area contributed by atoms with Crippen LogP contribution in [0.5, 0.6) is 0 Å². The van der Waals surface area contributed by atoms with Gasteiger partial charge in [0.1, 0.15) is 0 Å². The molecular weight excluding hydrogens is 236 g/mol. The Morgan fingerprint density at radius 2 is 2.24 bits per heavy atom. The predicted molar refractivity (Wildman–Crippen MR) is 72.9 cm³/mol. The molecule has 3 nitrogen and oxygen atoms in total. The summed E-state index contributed by atoms with van der Waals surface area (Å²) in [6.45, 7) is 7.92. The number of anilines is 1. The Hall–Kier alpha value is -0.800. The lowest BCUT2D eigenvalue weighted by Gasteiger charge is -2.31. The summed E-state index contributed by atoms with van der Waals surface area (Å²) in [7, 11) is 1.73. The van der Waals surface area contributed by atoms with Crippen LogP contribution in [-0.2, 0) is 10.6 Å². The average Bonchev–Trinajstić information content (AvgIpc) is 2.31. The lowest BCUT2D eigenvalue weighted by Crippen LogP contribution is -2.36. The number of rotatable bonds is 6. The first-order valence-electron chi connectivity index (χ1n) is 5.91. The van der Waals surface area contributed by atoms with Gasteiger partial charge in [-0.05, 0) is 26.8 Å². The van der Waals surface area contributed by atoms with E-state index in [1.165, 1.54) is 5.69 Å². The van der Waals surface area contributed by atoms with Crippen molar-refractivity contribution >= 4 is 17.3 Å². The molecule has 1 rings (SSSR count). The largest absolute Gasteiger partial charge is 0.383 e. The number of methoxy groups -OCH3 is 1. The molecule has 17 heavy (non-hydrogen) atoms. The molecule has 0 saturated heterocycles. The van der Waals surface area contributed by atoms with Crippen LogP contribution in [0.15, 0.2) is 12.3 Å². The van der Waals surface area contributed by atoms with Crippen molar-refractivity contribution in [2.24, 2.45) is 0 Å². The molecule has 1 heterocycles. The van der Waals surface area contributed by atoms with Gasteiger partial charge in [-0.1, -0.05) is 0 Å². The first-order chi connectivity index (χ1) is 8.13. The summed E-state index contributed by atoms with van der Waals surface area (Å²) in [4.78, 5) is 6.59. The van der Waals surface area contributed by atoms with Crippen LogP contribution in [0.2, 0.25) is 0 Å². The first kappa shape index (κ1) is 14.3. The van der Waals surface area contributed by atoms with E-state index < -0.39 is 0 Å². The number of hydrogen-bond donors (Lipinski definition) is 0. The second-order valence-electron chi connectivity index (χ2n) is 4.18. The van der Waals surface area contributed by atoms with Gasteiger partial charge in [0.2, 0.25) is 0 Å².